The van der Waals surface area contributed by atoms with E-state index < -0.39 is 6.10 Å². The highest BCUT2D eigenvalue weighted by Gasteiger charge is 2.20. The van der Waals surface area contributed by atoms with Gasteiger partial charge in [-0.05, 0) is 57.0 Å². The van der Waals surface area contributed by atoms with Crippen molar-refractivity contribution in [1.29, 1.82) is 0 Å². The Morgan fingerprint density at radius 2 is 1.72 bits per heavy atom. The molecule has 0 unspecified atom stereocenters. The van der Waals surface area contributed by atoms with E-state index >= 15 is 0 Å². The third-order valence-electron chi connectivity index (χ3n) is 4.06. The number of hydrogen-bond acceptors (Lipinski definition) is 3. The minimum absolute atomic E-state index is 0.191. The lowest BCUT2D eigenvalue weighted by Crippen LogP contribution is -2.37. The van der Waals surface area contributed by atoms with Gasteiger partial charge < -0.3 is 14.8 Å². The van der Waals surface area contributed by atoms with E-state index in [9.17, 15) is 4.79 Å². The molecular weight excluding hydrogens is 338 g/mol. The molecule has 25 heavy (non-hydrogen) atoms. The van der Waals surface area contributed by atoms with Crippen molar-refractivity contribution in [3.8, 4) is 11.5 Å². The number of aryl methyl sites for hydroxylation is 2. The molecule has 0 radical (unpaired) electrons. The van der Waals surface area contributed by atoms with Crippen LogP contribution in [-0.2, 0) is 4.79 Å². The molecule has 0 aliphatic heterocycles. The molecule has 4 nitrogen and oxygen atoms in total. The summed E-state index contributed by atoms with van der Waals surface area (Å²) in [5.41, 5.74) is 2.77. The summed E-state index contributed by atoms with van der Waals surface area (Å²) in [7, 11) is 1.62. The molecule has 0 spiro atoms. The molecule has 0 saturated carbocycles. The molecule has 1 N–H and O–H groups in total. The number of amides is 1. The molecule has 2 aromatic carbocycles. The zero-order valence-corrected chi connectivity index (χ0v) is 16.0. The Balaban J connectivity index is 2.05. The molecule has 2 aromatic rings. The van der Waals surface area contributed by atoms with Crippen molar-refractivity contribution in [3.63, 3.8) is 0 Å². The van der Waals surface area contributed by atoms with Gasteiger partial charge in [-0.1, -0.05) is 29.8 Å². The van der Waals surface area contributed by atoms with Crippen LogP contribution in [0.1, 0.15) is 36.6 Å². The summed E-state index contributed by atoms with van der Waals surface area (Å²) < 4.78 is 11.1. The van der Waals surface area contributed by atoms with Crippen LogP contribution in [-0.4, -0.2) is 19.1 Å². The topological polar surface area (TPSA) is 47.6 Å². The second kappa shape index (κ2) is 8.26. The number of carbonyl (C=O) groups is 1. The number of ether oxygens (including phenoxy) is 2. The van der Waals surface area contributed by atoms with E-state index in [1.165, 1.54) is 0 Å². The molecule has 0 aliphatic rings. The minimum Gasteiger partial charge on any atom is -0.496 e. The molecule has 1 amide bonds. The lowest BCUT2D eigenvalue weighted by molar-refractivity contribution is -0.127. The molecule has 0 aliphatic carbocycles. The highest BCUT2D eigenvalue weighted by molar-refractivity contribution is 6.32. The van der Waals surface area contributed by atoms with Gasteiger partial charge in [-0.2, -0.15) is 0 Å². The van der Waals surface area contributed by atoms with Crippen LogP contribution in [0.25, 0.3) is 0 Å². The first-order valence-electron chi connectivity index (χ1n) is 8.20. The van der Waals surface area contributed by atoms with Gasteiger partial charge in [-0.15, -0.1) is 0 Å². The zero-order chi connectivity index (χ0) is 18.6. The van der Waals surface area contributed by atoms with Crippen LogP contribution < -0.4 is 14.8 Å². The maximum Gasteiger partial charge on any atom is 0.261 e. The zero-order valence-electron chi connectivity index (χ0n) is 15.2. The maximum absolute atomic E-state index is 12.5. The van der Waals surface area contributed by atoms with Crippen LogP contribution in [0.2, 0.25) is 5.02 Å². The van der Waals surface area contributed by atoms with E-state index in [0.29, 0.717) is 10.8 Å². The predicted molar refractivity (Wildman–Crippen MR) is 101 cm³/mol. The maximum atomic E-state index is 12.5. The van der Waals surface area contributed by atoms with Crippen LogP contribution in [0, 0.1) is 13.8 Å². The van der Waals surface area contributed by atoms with Gasteiger partial charge in [-0.25, -0.2) is 0 Å². The molecule has 0 bridgehead atoms. The average Bonchev–Trinajstić information content (AvgIpc) is 2.59. The molecular formula is C20H24ClNO3. The number of para-hydroxylation sites is 1. The van der Waals surface area contributed by atoms with Gasteiger partial charge in [0.15, 0.2) is 6.10 Å². The number of carbonyl (C=O) groups excluding carboxylic acids is 1. The lowest BCUT2D eigenvalue weighted by atomic mass is 10.1. The van der Waals surface area contributed by atoms with E-state index in [1.807, 2.05) is 57.2 Å². The fraction of sp³-hybridized carbons (Fsp3) is 0.350. The Bertz CT molecular complexity index is 737. The van der Waals surface area contributed by atoms with Crippen LogP contribution >= 0.6 is 11.6 Å². The molecule has 0 aromatic heterocycles. The number of methoxy groups -OCH3 is 1. The molecule has 2 atom stereocenters. The SMILES string of the molecule is COc1ccccc1[C@@H](C)NC(=O)[C@H](C)Oc1cc(C)c(Cl)c(C)c1. The highest BCUT2D eigenvalue weighted by atomic mass is 35.5. The van der Waals surface area contributed by atoms with Gasteiger partial charge in [0, 0.05) is 10.6 Å². The normalized spacial score (nSPS) is 13.0. The Hall–Kier alpha value is -2.20. The Kier molecular flexibility index (Phi) is 6.32. The Morgan fingerprint density at radius 3 is 2.32 bits per heavy atom. The summed E-state index contributed by atoms with van der Waals surface area (Å²) in [6.07, 6.45) is -0.628. The number of rotatable bonds is 6. The fourth-order valence-electron chi connectivity index (χ4n) is 2.66. The molecule has 5 heteroatoms. The van der Waals surface area contributed by atoms with Crippen LogP contribution in [0.4, 0.5) is 0 Å². The van der Waals surface area contributed by atoms with Gasteiger partial charge in [0.2, 0.25) is 0 Å². The monoisotopic (exact) mass is 361 g/mol. The Morgan fingerprint density at radius 1 is 1.12 bits per heavy atom. The van der Waals surface area contributed by atoms with Crippen LogP contribution in [0.15, 0.2) is 36.4 Å². The predicted octanol–water partition coefficient (Wildman–Crippen LogP) is 4.61. The standard InChI is InChI=1S/C20H24ClNO3/c1-12-10-16(11-13(2)19(12)21)25-15(4)20(23)22-14(3)17-8-6-7-9-18(17)24-5/h6-11,14-15H,1-5H3,(H,22,23)/t14-,15+/m1/s1. The average molecular weight is 362 g/mol. The lowest BCUT2D eigenvalue weighted by Gasteiger charge is -2.21. The summed E-state index contributed by atoms with van der Waals surface area (Å²) >= 11 is 6.17. The summed E-state index contributed by atoms with van der Waals surface area (Å²) in [6.45, 7) is 7.47. The fourth-order valence-corrected chi connectivity index (χ4v) is 2.77. The van der Waals surface area contributed by atoms with Gasteiger partial charge >= 0.3 is 0 Å². The number of benzene rings is 2. The van der Waals surface area contributed by atoms with Crippen molar-refractivity contribution in [1.82, 2.24) is 5.32 Å². The largest absolute Gasteiger partial charge is 0.496 e. The number of hydrogen-bond donors (Lipinski definition) is 1. The van der Waals surface area contributed by atoms with Gasteiger partial charge in [0.25, 0.3) is 5.91 Å². The third-order valence-corrected chi connectivity index (χ3v) is 4.65. The number of nitrogens with one attached hydrogen (secondary N) is 1. The highest BCUT2D eigenvalue weighted by Crippen LogP contribution is 2.27. The summed E-state index contributed by atoms with van der Waals surface area (Å²) in [5.74, 6) is 1.18. The van der Waals surface area contributed by atoms with Gasteiger partial charge in [-0.3, -0.25) is 4.79 Å². The first kappa shape index (κ1) is 19.1. The smallest absolute Gasteiger partial charge is 0.261 e. The first-order valence-corrected chi connectivity index (χ1v) is 8.58. The summed E-state index contributed by atoms with van der Waals surface area (Å²) in [6, 6.07) is 11.1. The van der Waals surface area contributed by atoms with Crippen molar-refractivity contribution in [2.75, 3.05) is 7.11 Å². The van der Waals surface area contributed by atoms with Crippen molar-refractivity contribution in [2.24, 2.45) is 0 Å². The van der Waals surface area contributed by atoms with Crippen molar-refractivity contribution in [3.05, 3.63) is 58.1 Å². The van der Waals surface area contributed by atoms with Crippen molar-refractivity contribution in [2.45, 2.75) is 39.8 Å². The van der Waals surface area contributed by atoms with Gasteiger partial charge in [0.05, 0.1) is 13.2 Å². The van der Waals surface area contributed by atoms with Crippen LogP contribution in [0.5, 0.6) is 11.5 Å². The Labute approximate surface area is 154 Å². The molecule has 0 saturated heterocycles. The van der Waals surface area contributed by atoms with E-state index in [1.54, 1.807) is 14.0 Å². The van der Waals surface area contributed by atoms with E-state index in [2.05, 4.69) is 5.32 Å². The molecule has 2 rings (SSSR count). The van der Waals surface area contributed by atoms with E-state index in [-0.39, 0.29) is 11.9 Å². The van der Waals surface area contributed by atoms with E-state index in [0.717, 1.165) is 22.4 Å². The molecule has 0 heterocycles. The second-order valence-electron chi connectivity index (χ2n) is 6.10. The summed E-state index contributed by atoms with van der Waals surface area (Å²) in [5, 5.41) is 3.68. The van der Waals surface area contributed by atoms with Crippen LogP contribution in [0.3, 0.4) is 0 Å². The first-order chi connectivity index (χ1) is 11.8. The summed E-state index contributed by atoms with van der Waals surface area (Å²) in [4.78, 5) is 12.5. The third kappa shape index (κ3) is 4.67. The van der Waals surface area contributed by atoms with Gasteiger partial charge in [0.1, 0.15) is 11.5 Å². The molecule has 134 valence electrons. The second-order valence-corrected chi connectivity index (χ2v) is 6.48. The molecule has 0 fully saturated rings. The minimum atomic E-state index is -0.628. The van der Waals surface area contributed by atoms with Crippen molar-refractivity contribution >= 4 is 17.5 Å². The quantitative estimate of drug-likeness (QED) is 0.817. The van der Waals surface area contributed by atoms with E-state index in [4.69, 9.17) is 21.1 Å². The number of halogens is 1. The van der Waals surface area contributed by atoms with Crippen molar-refractivity contribution < 1.29 is 14.3 Å².